The van der Waals surface area contributed by atoms with Crippen molar-refractivity contribution in [3.8, 4) is 0 Å². The number of benzene rings is 1. The van der Waals surface area contributed by atoms with Gasteiger partial charge in [-0.25, -0.2) is 4.99 Å². The van der Waals surface area contributed by atoms with Gasteiger partial charge in [-0.3, -0.25) is 4.40 Å². The van der Waals surface area contributed by atoms with Crippen LogP contribution in [0.1, 0.15) is 17.8 Å². The number of hydrogen-bond donors (Lipinski definition) is 1. The second-order valence-electron chi connectivity index (χ2n) is 6.10. The molecule has 3 rings (SSSR count). The van der Waals surface area contributed by atoms with Crippen LogP contribution in [0.15, 0.2) is 59.7 Å². The van der Waals surface area contributed by atoms with Gasteiger partial charge in [-0.15, -0.1) is 34.2 Å². The summed E-state index contributed by atoms with van der Waals surface area (Å²) in [5.74, 6) is 1.89. The first kappa shape index (κ1) is 20.2. The molecule has 0 saturated heterocycles. The van der Waals surface area contributed by atoms with E-state index in [1.807, 2.05) is 66.0 Å². The van der Waals surface area contributed by atoms with Crippen LogP contribution in [0.2, 0.25) is 0 Å². The van der Waals surface area contributed by atoms with E-state index < -0.39 is 0 Å². The smallest absolute Gasteiger partial charge is 0.193 e. The second-order valence-corrected chi connectivity index (χ2v) is 6.10. The molecule has 3 aromatic rings. The van der Waals surface area contributed by atoms with Crippen LogP contribution in [-0.2, 0) is 13.0 Å². The summed E-state index contributed by atoms with van der Waals surface area (Å²) in [5, 5.41) is 11.9. The Labute approximate surface area is 171 Å². The molecule has 2 aromatic heterocycles. The minimum atomic E-state index is 0. The number of nitrogens with zero attached hydrogens (tertiary/aromatic N) is 5. The summed E-state index contributed by atoms with van der Waals surface area (Å²) >= 11 is 0. The summed E-state index contributed by atoms with van der Waals surface area (Å²) in [6.07, 6.45) is 3.84. The summed E-state index contributed by atoms with van der Waals surface area (Å²) in [7, 11) is 4.01. The lowest BCUT2D eigenvalue weighted by molar-refractivity contribution is 0.573. The lowest BCUT2D eigenvalue weighted by Crippen LogP contribution is -2.37. The van der Waals surface area contributed by atoms with E-state index in [-0.39, 0.29) is 24.0 Å². The van der Waals surface area contributed by atoms with Gasteiger partial charge in [0.2, 0.25) is 0 Å². The number of nitrogens with one attached hydrogen (secondary N) is 1. The van der Waals surface area contributed by atoms with Crippen molar-refractivity contribution in [3.05, 3.63) is 66.1 Å². The third-order valence-corrected chi connectivity index (χ3v) is 3.92. The van der Waals surface area contributed by atoms with E-state index in [1.165, 1.54) is 5.56 Å². The first-order chi connectivity index (χ1) is 12.2. The van der Waals surface area contributed by atoms with Crippen molar-refractivity contribution in [1.29, 1.82) is 0 Å². The van der Waals surface area contributed by atoms with Gasteiger partial charge >= 0.3 is 0 Å². The van der Waals surface area contributed by atoms with Gasteiger partial charge in [0.25, 0.3) is 0 Å². The molecular formula is C19H25IN6. The van der Waals surface area contributed by atoms with Gasteiger partial charge in [-0.05, 0) is 24.1 Å². The van der Waals surface area contributed by atoms with Crippen LogP contribution in [0.4, 0.5) is 0 Å². The van der Waals surface area contributed by atoms with Crippen molar-refractivity contribution in [3.63, 3.8) is 0 Å². The average molecular weight is 464 g/mol. The molecule has 0 radical (unpaired) electrons. The first-order valence-corrected chi connectivity index (χ1v) is 8.52. The van der Waals surface area contributed by atoms with Gasteiger partial charge in [0.1, 0.15) is 5.82 Å². The fourth-order valence-corrected chi connectivity index (χ4v) is 2.61. The van der Waals surface area contributed by atoms with Gasteiger partial charge in [0, 0.05) is 33.3 Å². The quantitative estimate of drug-likeness (QED) is 0.264. The molecule has 0 atom stereocenters. The van der Waals surface area contributed by atoms with Crippen molar-refractivity contribution in [2.75, 3.05) is 20.6 Å². The monoisotopic (exact) mass is 464 g/mol. The van der Waals surface area contributed by atoms with E-state index >= 15 is 0 Å². The Bertz CT molecular complexity index is 828. The van der Waals surface area contributed by atoms with E-state index in [2.05, 4.69) is 32.6 Å². The van der Waals surface area contributed by atoms with E-state index in [0.717, 1.165) is 36.8 Å². The zero-order valence-electron chi connectivity index (χ0n) is 15.2. The Morgan fingerprint density at radius 1 is 1.08 bits per heavy atom. The molecule has 2 heterocycles. The topological polar surface area (TPSA) is 57.8 Å². The molecule has 1 aromatic carbocycles. The normalized spacial score (nSPS) is 11.2. The van der Waals surface area contributed by atoms with Crippen LogP contribution in [0.25, 0.3) is 5.65 Å². The van der Waals surface area contributed by atoms with E-state index in [4.69, 9.17) is 0 Å². The van der Waals surface area contributed by atoms with Crippen molar-refractivity contribution in [2.24, 2.45) is 4.99 Å². The fourth-order valence-electron chi connectivity index (χ4n) is 2.61. The maximum atomic E-state index is 4.68. The minimum Gasteiger partial charge on any atom is -0.356 e. The van der Waals surface area contributed by atoms with Gasteiger partial charge in [-0.1, -0.05) is 36.4 Å². The zero-order valence-corrected chi connectivity index (χ0v) is 17.5. The molecule has 0 aliphatic heterocycles. The molecule has 0 aliphatic carbocycles. The third-order valence-electron chi connectivity index (χ3n) is 3.92. The molecular weight excluding hydrogens is 439 g/mol. The maximum absolute atomic E-state index is 4.68. The molecule has 6 nitrogen and oxygen atoms in total. The Balaban J connectivity index is 0.00000243. The van der Waals surface area contributed by atoms with Crippen LogP contribution in [0, 0.1) is 0 Å². The Hall–Kier alpha value is -2.16. The van der Waals surface area contributed by atoms with Crippen molar-refractivity contribution in [1.82, 2.24) is 24.8 Å². The van der Waals surface area contributed by atoms with E-state index in [1.54, 1.807) is 0 Å². The predicted molar refractivity (Wildman–Crippen MR) is 116 cm³/mol. The molecule has 0 aliphatic rings. The number of aryl methyl sites for hydroxylation is 1. The molecule has 1 N–H and O–H groups in total. The highest BCUT2D eigenvalue weighted by Gasteiger charge is 2.05. The summed E-state index contributed by atoms with van der Waals surface area (Å²) in [6, 6.07) is 16.2. The number of rotatable bonds is 6. The summed E-state index contributed by atoms with van der Waals surface area (Å²) in [5.41, 5.74) is 2.10. The largest absolute Gasteiger partial charge is 0.356 e. The second kappa shape index (κ2) is 10.1. The Kier molecular flexibility index (Phi) is 7.83. The van der Waals surface area contributed by atoms with Crippen molar-refractivity contribution >= 4 is 35.6 Å². The number of aromatic nitrogens is 3. The predicted octanol–water partition coefficient (Wildman–Crippen LogP) is 2.99. The van der Waals surface area contributed by atoms with Gasteiger partial charge in [0.05, 0.1) is 6.54 Å². The highest BCUT2D eigenvalue weighted by molar-refractivity contribution is 14.0. The molecule has 0 amide bonds. The third kappa shape index (κ3) is 5.42. The van der Waals surface area contributed by atoms with Gasteiger partial charge in [0.15, 0.2) is 11.6 Å². The maximum Gasteiger partial charge on any atom is 0.193 e. The minimum absolute atomic E-state index is 0. The van der Waals surface area contributed by atoms with Gasteiger partial charge in [-0.2, -0.15) is 0 Å². The molecule has 0 saturated carbocycles. The molecule has 138 valence electrons. The number of halogens is 1. The number of hydrogen-bond acceptors (Lipinski definition) is 3. The zero-order chi connectivity index (χ0) is 17.5. The first-order valence-electron chi connectivity index (χ1n) is 8.52. The average Bonchev–Trinajstić information content (AvgIpc) is 3.05. The number of aliphatic imine (C=N–C) groups is 1. The molecule has 0 bridgehead atoms. The molecule has 0 spiro atoms. The molecule has 7 heteroatoms. The Morgan fingerprint density at radius 3 is 2.62 bits per heavy atom. The van der Waals surface area contributed by atoms with Crippen LogP contribution >= 0.6 is 24.0 Å². The van der Waals surface area contributed by atoms with E-state index in [9.17, 15) is 0 Å². The lowest BCUT2D eigenvalue weighted by atomic mass is 10.2. The van der Waals surface area contributed by atoms with Crippen LogP contribution < -0.4 is 5.32 Å². The van der Waals surface area contributed by atoms with Crippen molar-refractivity contribution in [2.45, 2.75) is 19.4 Å². The number of guanidine groups is 1. The highest BCUT2D eigenvalue weighted by Crippen LogP contribution is 2.05. The van der Waals surface area contributed by atoms with Crippen molar-refractivity contribution < 1.29 is 0 Å². The molecule has 0 unspecified atom stereocenters. The highest BCUT2D eigenvalue weighted by atomic mass is 127. The SMILES string of the molecule is CN(C)C(=NCc1ccccc1)NCCCc1nnc2ccccn12.I. The summed E-state index contributed by atoms with van der Waals surface area (Å²) in [4.78, 5) is 6.69. The van der Waals surface area contributed by atoms with Gasteiger partial charge < -0.3 is 10.2 Å². The molecule has 26 heavy (non-hydrogen) atoms. The summed E-state index contributed by atoms with van der Waals surface area (Å²) in [6.45, 7) is 1.52. The number of fused-ring (bicyclic) bond motifs is 1. The molecule has 0 fully saturated rings. The number of pyridine rings is 1. The lowest BCUT2D eigenvalue weighted by Gasteiger charge is -2.17. The van der Waals surface area contributed by atoms with Crippen LogP contribution in [0.3, 0.4) is 0 Å². The summed E-state index contributed by atoms with van der Waals surface area (Å²) < 4.78 is 2.04. The fraction of sp³-hybridized carbons (Fsp3) is 0.316. The van der Waals surface area contributed by atoms with E-state index in [0.29, 0.717) is 6.54 Å². The Morgan fingerprint density at radius 2 is 1.85 bits per heavy atom. The standard InChI is InChI=1S/C19H24N6.HI/c1-24(2)19(21-15-16-9-4-3-5-10-16)20-13-8-12-18-23-22-17-11-6-7-14-25(17)18;/h3-7,9-11,14H,8,12-13,15H2,1-2H3,(H,20,21);1H. The van der Waals surface area contributed by atoms with Crippen LogP contribution in [0.5, 0.6) is 0 Å². The van der Waals surface area contributed by atoms with Crippen LogP contribution in [-0.4, -0.2) is 46.1 Å².